The third-order valence-corrected chi connectivity index (χ3v) is 5.54. The molecule has 0 saturated carbocycles. The third-order valence-electron chi connectivity index (χ3n) is 3.80. The second-order valence-electron chi connectivity index (χ2n) is 5.06. The minimum Gasteiger partial charge on any atom is -0.345 e. The first-order chi connectivity index (χ1) is 9.83. The highest BCUT2D eigenvalue weighted by Gasteiger charge is 2.26. The number of pyridine rings is 1. The summed E-state index contributed by atoms with van der Waals surface area (Å²) in [6, 6.07) is 1.56. The number of hydrogen-bond donors (Lipinski definition) is 3. The van der Waals surface area contributed by atoms with Crippen molar-refractivity contribution in [2.75, 3.05) is 6.54 Å². The molecule has 0 unspecified atom stereocenters. The van der Waals surface area contributed by atoms with Gasteiger partial charge in [0.05, 0.1) is 10.4 Å². The predicted octanol–water partition coefficient (Wildman–Crippen LogP) is 2.01. The minimum atomic E-state index is -3.71. The molecule has 2 rings (SSSR count). The standard InChI is InChI=1S/C13H19ClN4O2S/c1-3-13(15,4-2)8-18-21(19,20)10-7-17-12-11(10)9(14)5-6-16-12/h5-7,18H,3-4,8,15H2,1-2H3,(H,16,17). The van der Waals surface area contributed by atoms with Crippen LogP contribution in [0.4, 0.5) is 0 Å². The van der Waals surface area contributed by atoms with Crippen molar-refractivity contribution >= 4 is 32.7 Å². The number of sulfonamides is 1. The highest BCUT2D eigenvalue weighted by molar-refractivity contribution is 7.89. The lowest BCUT2D eigenvalue weighted by atomic mass is 9.95. The summed E-state index contributed by atoms with van der Waals surface area (Å²) in [5.41, 5.74) is 6.01. The summed E-state index contributed by atoms with van der Waals surface area (Å²) in [5, 5.41) is 0.730. The van der Waals surface area contributed by atoms with Gasteiger partial charge in [-0.1, -0.05) is 25.4 Å². The van der Waals surface area contributed by atoms with Crippen LogP contribution in [-0.2, 0) is 10.0 Å². The minimum absolute atomic E-state index is 0.0881. The van der Waals surface area contributed by atoms with Crippen molar-refractivity contribution in [3.8, 4) is 0 Å². The van der Waals surface area contributed by atoms with Gasteiger partial charge in [0.2, 0.25) is 10.0 Å². The van der Waals surface area contributed by atoms with Crippen LogP contribution in [0.3, 0.4) is 0 Å². The molecule has 0 saturated heterocycles. The van der Waals surface area contributed by atoms with Crippen molar-refractivity contribution in [1.82, 2.24) is 14.7 Å². The smallest absolute Gasteiger partial charge is 0.242 e. The van der Waals surface area contributed by atoms with Crippen molar-refractivity contribution in [1.29, 1.82) is 0 Å². The lowest BCUT2D eigenvalue weighted by Gasteiger charge is -2.26. The van der Waals surface area contributed by atoms with Gasteiger partial charge in [0.15, 0.2) is 0 Å². The molecule has 116 valence electrons. The van der Waals surface area contributed by atoms with Gasteiger partial charge in [-0.3, -0.25) is 0 Å². The van der Waals surface area contributed by atoms with Crippen LogP contribution in [0, 0.1) is 0 Å². The van der Waals surface area contributed by atoms with Crippen molar-refractivity contribution in [2.24, 2.45) is 5.73 Å². The molecule has 0 aliphatic rings. The van der Waals surface area contributed by atoms with Crippen LogP contribution in [0.5, 0.6) is 0 Å². The molecular formula is C13H19ClN4O2S. The first-order valence-electron chi connectivity index (χ1n) is 6.73. The molecule has 0 atom stereocenters. The van der Waals surface area contributed by atoms with E-state index in [2.05, 4.69) is 14.7 Å². The SMILES string of the molecule is CCC(N)(CC)CNS(=O)(=O)c1c[nH]c2nccc(Cl)c12. The fraction of sp³-hybridized carbons (Fsp3) is 0.462. The Hall–Kier alpha value is -1.15. The lowest BCUT2D eigenvalue weighted by Crippen LogP contribution is -2.49. The summed E-state index contributed by atoms with van der Waals surface area (Å²) >= 11 is 6.08. The normalized spacial score (nSPS) is 13.0. The van der Waals surface area contributed by atoms with Crippen LogP contribution >= 0.6 is 11.6 Å². The third kappa shape index (κ3) is 3.21. The molecule has 21 heavy (non-hydrogen) atoms. The van der Waals surface area contributed by atoms with Gasteiger partial charge in [-0.15, -0.1) is 0 Å². The maximum Gasteiger partial charge on any atom is 0.242 e. The van der Waals surface area contributed by atoms with Gasteiger partial charge >= 0.3 is 0 Å². The maximum atomic E-state index is 12.5. The fourth-order valence-corrected chi connectivity index (χ4v) is 3.64. The molecule has 0 aliphatic carbocycles. The summed E-state index contributed by atoms with van der Waals surface area (Å²) in [6.07, 6.45) is 4.27. The van der Waals surface area contributed by atoms with Gasteiger partial charge < -0.3 is 10.7 Å². The number of hydrogen-bond acceptors (Lipinski definition) is 4. The van der Waals surface area contributed by atoms with E-state index in [0.29, 0.717) is 28.9 Å². The molecule has 8 heteroatoms. The van der Waals surface area contributed by atoms with E-state index >= 15 is 0 Å². The van der Waals surface area contributed by atoms with Gasteiger partial charge in [-0.05, 0) is 18.9 Å². The Morgan fingerprint density at radius 1 is 1.43 bits per heavy atom. The monoisotopic (exact) mass is 330 g/mol. The average molecular weight is 331 g/mol. The topological polar surface area (TPSA) is 101 Å². The summed E-state index contributed by atoms with van der Waals surface area (Å²) in [6.45, 7) is 4.04. The summed E-state index contributed by atoms with van der Waals surface area (Å²) in [5.74, 6) is 0. The number of nitrogens with one attached hydrogen (secondary N) is 2. The van der Waals surface area contributed by atoms with Crippen molar-refractivity contribution in [3.63, 3.8) is 0 Å². The van der Waals surface area contributed by atoms with Gasteiger partial charge in [0.25, 0.3) is 0 Å². The number of H-pyrrole nitrogens is 1. The molecule has 0 radical (unpaired) electrons. The molecule has 0 bridgehead atoms. The summed E-state index contributed by atoms with van der Waals surface area (Å²) < 4.78 is 27.5. The zero-order chi connectivity index (χ0) is 15.7. The zero-order valence-corrected chi connectivity index (χ0v) is 13.6. The number of fused-ring (bicyclic) bond motifs is 1. The molecule has 6 nitrogen and oxygen atoms in total. The Bertz CT molecular complexity index is 738. The first kappa shape index (κ1) is 16.2. The highest BCUT2D eigenvalue weighted by Crippen LogP contribution is 2.28. The van der Waals surface area contributed by atoms with E-state index in [1.165, 1.54) is 12.4 Å². The van der Waals surface area contributed by atoms with Gasteiger partial charge in [-0.25, -0.2) is 18.1 Å². The molecule has 0 aromatic carbocycles. The Kier molecular flexibility index (Phi) is 4.57. The van der Waals surface area contributed by atoms with E-state index in [-0.39, 0.29) is 11.4 Å². The highest BCUT2D eigenvalue weighted by atomic mass is 35.5. The Balaban J connectivity index is 2.35. The van der Waals surface area contributed by atoms with Gasteiger partial charge in [0.1, 0.15) is 10.5 Å². The zero-order valence-electron chi connectivity index (χ0n) is 12.0. The molecule has 2 aromatic rings. The van der Waals surface area contributed by atoms with Gasteiger partial charge in [-0.2, -0.15) is 0 Å². The van der Waals surface area contributed by atoms with Crippen LogP contribution in [0.15, 0.2) is 23.4 Å². The van der Waals surface area contributed by atoms with E-state index in [4.69, 9.17) is 17.3 Å². The second-order valence-corrected chi connectivity index (χ2v) is 7.21. The van der Waals surface area contributed by atoms with Crippen LogP contribution in [-0.4, -0.2) is 30.5 Å². The summed E-state index contributed by atoms with van der Waals surface area (Å²) in [4.78, 5) is 6.96. The lowest BCUT2D eigenvalue weighted by molar-refractivity contribution is 0.392. The Morgan fingerprint density at radius 3 is 2.71 bits per heavy atom. The molecular weight excluding hydrogens is 312 g/mol. The molecule has 4 N–H and O–H groups in total. The Morgan fingerprint density at radius 2 is 2.10 bits per heavy atom. The first-order valence-corrected chi connectivity index (χ1v) is 8.59. The quantitative estimate of drug-likeness (QED) is 0.754. The number of nitrogens with two attached hydrogens (primary N) is 1. The van der Waals surface area contributed by atoms with Crippen molar-refractivity contribution in [3.05, 3.63) is 23.5 Å². The number of aromatic amines is 1. The molecule has 2 heterocycles. The van der Waals surface area contributed by atoms with E-state index in [1.54, 1.807) is 6.07 Å². The molecule has 0 aliphatic heterocycles. The average Bonchev–Trinajstić information content (AvgIpc) is 2.91. The van der Waals surface area contributed by atoms with Crippen LogP contribution in [0.2, 0.25) is 5.02 Å². The van der Waals surface area contributed by atoms with E-state index in [9.17, 15) is 8.42 Å². The number of aromatic nitrogens is 2. The fourth-order valence-electron chi connectivity index (χ4n) is 2.02. The molecule has 0 amide bonds. The van der Waals surface area contributed by atoms with E-state index < -0.39 is 15.6 Å². The summed E-state index contributed by atoms with van der Waals surface area (Å²) in [7, 11) is -3.71. The van der Waals surface area contributed by atoms with Crippen molar-refractivity contribution in [2.45, 2.75) is 37.1 Å². The van der Waals surface area contributed by atoms with Crippen LogP contribution < -0.4 is 10.5 Å². The van der Waals surface area contributed by atoms with E-state index in [0.717, 1.165) is 0 Å². The Labute approximate surface area is 129 Å². The van der Waals surface area contributed by atoms with Crippen LogP contribution in [0.1, 0.15) is 26.7 Å². The maximum absolute atomic E-state index is 12.5. The predicted molar refractivity (Wildman–Crippen MR) is 83.8 cm³/mol. The van der Waals surface area contributed by atoms with E-state index in [1.807, 2.05) is 13.8 Å². The molecule has 0 fully saturated rings. The number of nitrogens with zero attached hydrogens (tertiary/aromatic N) is 1. The van der Waals surface area contributed by atoms with Crippen molar-refractivity contribution < 1.29 is 8.42 Å². The largest absolute Gasteiger partial charge is 0.345 e. The van der Waals surface area contributed by atoms with Crippen LogP contribution in [0.25, 0.3) is 11.0 Å². The second kappa shape index (κ2) is 5.92. The molecule has 0 spiro atoms. The number of rotatable bonds is 6. The van der Waals surface area contributed by atoms with Gasteiger partial charge in [0, 0.05) is 24.5 Å². The number of halogens is 1. The molecule has 2 aromatic heterocycles.